The number of halogens is 1. The van der Waals surface area contributed by atoms with Crippen molar-refractivity contribution in [3.05, 3.63) is 41.6 Å². The minimum atomic E-state index is -0.0263. The number of imidazole rings is 1. The lowest BCUT2D eigenvalue weighted by Crippen LogP contribution is -2.21. The van der Waals surface area contributed by atoms with Gasteiger partial charge < -0.3 is 10.1 Å². The number of methoxy groups -OCH3 is 1. The summed E-state index contributed by atoms with van der Waals surface area (Å²) in [6, 6.07) is 9.06. The number of nitrogens with one attached hydrogen (secondary N) is 1. The Bertz CT molecular complexity index is 934. The van der Waals surface area contributed by atoms with Gasteiger partial charge in [-0.2, -0.15) is 0 Å². The van der Waals surface area contributed by atoms with E-state index < -0.39 is 0 Å². The molecule has 0 fully saturated rings. The Morgan fingerprint density at radius 3 is 2.73 bits per heavy atom. The van der Waals surface area contributed by atoms with Gasteiger partial charge in [-0.1, -0.05) is 31.5 Å². The summed E-state index contributed by atoms with van der Waals surface area (Å²) in [5.41, 5.74) is 2.88. The molecule has 0 aliphatic rings. The third kappa shape index (κ3) is 3.65. The quantitative estimate of drug-likeness (QED) is 0.694. The van der Waals surface area contributed by atoms with Crippen molar-refractivity contribution in [1.29, 1.82) is 0 Å². The standard InChI is InChI=1S/C19H21ClN4O2/c1-4-12(5-2)19(25)22-15-10-13(6-7-14(15)20)16-11-24-17(21-16)8-9-18(23-24)26-3/h6-12H,4-5H2,1-3H3,(H,22,25). The number of hydrogen-bond donors (Lipinski definition) is 1. The van der Waals surface area contributed by atoms with Crippen LogP contribution in [-0.4, -0.2) is 27.6 Å². The highest BCUT2D eigenvalue weighted by Gasteiger charge is 2.16. The molecule has 2 heterocycles. The molecule has 3 rings (SSSR count). The van der Waals surface area contributed by atoms with Crippen molar-refractivity contribution in [1.82, 2.24) is 14.6 Å². The number of rotatable bonds is 6. The van der Waals surface area contributed by atoms with E-state index in [9.17, 15) is 4.79 Å². The smallest absolute Gasteiger partial charge is 0.231 e. The number of carbonyl (C=O) groups excluding carboxylic acids is 1. The highest BCUT2D eigenvalue weighted by molar-refractivity contribution is 6.33. The Balaban J connectivity index is 1.93. The Labute approximate surface area is 157 Å². The number of fused-ring (bicyclic) bond motifs is 1. The fraction of sp³-hybridized carbons (Fsp3) is 0.316. The van der Waals surface area contributed by atoms with Crippen LogP contribution < -0.4 is 10.1 Å². The molecule has 6 nitrogen and oxygen atoms in total. The molecule has 0 saturated heterocycles. The maximum absolute atomic E-state index is 12.4. The monoisotopic (exact) mass is 372 g/mol. The third-order valence-corrected chi connectivity index (χ3v) is 4.71. The second-order valence-electron chi connectivity index (χ2n) is 6.00. The number of ether oxygens (including phenoxy) is 1. The first-order chi connectivity index (χ1) is 12.5. The van der Waals surface area contributed by atoms with E-state index in [4.69, 9.17) is 16.3 Å². The van der Waals surface area contributed by atoms with Gasteiger partial charge in [0.2, 0.25) is 11.8 Å². The molecule has 0 aliphatic carbocycles. The minimum absolute atomic E-state index is 0.0181. The van der Waals surface area contributed by atoms with Crippen molar-refractivity contribution in [3.8, 4) is 17.1 Å². The lowest BCUT2D eigenvalue weighted by atomic mass is 10.0. The van der Waals surface area contributed by atoms with Crippen LogP contribution in [0.25, 0.3) is 16.9 Å². The molecule has 0 radical (unpaired) electrons. The Kier molecular flexibility index (Phi) is 5.42. The van der Waals surface area contributed by atoms with Gasteiger partial charge in [-0.05, 0) is 31.0 Å². The normalized spacial score (nSPS) is 11.1. The average molecular weight is 373 g/mol. The highest BCUT2D eigenvalue weighted by atomic mass is 35.5. The minimum Gasteiger partial charge on any atom is -0.480 e. The number of anilines is 1. The topological polar surface area (TPSA) is 68.5 Å². The van der Waals surface area contributed by atoms with Gasteiger partial charge in [0, 0.05) is 17.5 Å². The first kappa shape index (κ1) is 18.2. The first-order valence-electron chi connectivity index (χ1n) is 8.56. The molecule has 1 amide bonds. The van der Waals surface area contributed by atoms with E-state index in [1.807, 2.05) is 38.2 Å². The van der Waals surface area contributed by atoms with Crippen molar-refractivity contribution in [2.24, 2.45) is 5.92 Å². The highest BCUT2D eigenvalue weighted by Crippen LogP contribution is 2.29. The summed E-state index contributed by atoms with van der Waals surface area (Å²) >= 11 is 6.27. The molecule has 0 aliphatic heterocycles. The summed E-state index contributed by atoms with van der Waals surface area (Å²) in [5.74, 6) is 0.465. The van der Waals surface area contributed by atoms with Crippen molar-refractivity contribution < 1.29 is 9.53 Å². The molecule has 26 heavy (non-hydrogen) atoms. The number of benzene rings is 1. The van der Waals surface area contributed by atoms with Gasteiger partial charge in [-0.25, -0.2) is 9.50 Å². The molecular formula is C19H21ClN4O2. The summed E-state index contributed by atoms with van der Waals surface area (Å²) in [6.45, 7) is 4.01. The van der Waals surface area contributed by atoms with Crippen LogP contribution in [0.4, 0.5) is 5.69 Å². The van der Waals surface area contributed by atoms with Crippen LogP contribution in [-0.2, 0) is 4.79 Å². The van der Waals surface area contributed by atoms with Gasteiger partial charge in [0.15, 0.2) is 5.65 Å². The van der Waals surface area contributed by atoms with Gasteiger partial charge in [-0.15, -0.1) is 5.10 Å². The Hall–Kier alpha value is -2.60. The van der Waals surface area contributed by atoms with Crippen LogP contribution in [0.1, 0.15) is 26.7 Å². The molecule has 0 spiro atoms. The number of nitrogens with zero attached hydrogens (tertiary/aromatic N) is 3. The van der Waals surface area contributed by atoms with Crippen molar-refractivity contribution in [2.45, 2.75) is 26.7 Å². The third-order valence-electron chi connectivity index (χ3n) is 4.38. The van der Waals surface area contributed by atoms with E-state index in [1.165, 1.54) is 0 Å². The van der Waals surface area contributed by atoms with Gasteiger partial charge >= 0.3 is 0 Å². The van der Waals surface area contributed by atoms with Crippen LogP contribution in [0.5, 0.6) is 5.88 Å². The van der Waals surface area contributed by atoms with Crippen LogP contribution >= 0.6 is 11.6 Å². The second-order valence-corrected chi connectivity index (χ2v) is 6.41. The van der Waals surface area contributed by atoms with Crippen molar-refractivity contribution in [2.75, 3.05) is 12.4 Å². The SMILES string of the molecule is CCC(CC)C(=O)Nc1cc(-c2cn3nc(OC)ccc3n2)ccc1Cl. The molecular weight excluding hydrogens is 352 g/mol. The Morgan fingerprint density at radius 1 is 1.27 bits per heavy atom. The largest absolute Gasteiger partial charge is 0.480 e. The lowest BCUT2D eigenvalue weighted by Gasteiger charge is -2.14. The predicted molar refractivity (Wildman–Crippen MR) is 103 cm³/mol. The lowest BCUT2D eigenvalue weighted by molar-refractivity contribution is -0.120. The van der Waals surface area contributed by atoms with Gasteiger partial charge in [-0.3, -0.25) is 4.79 Å². The van der Waals surface area contributed by atoms with E-state index in [0.717, 1.165) is 24.1 Å². The first-order valence-corrected chi connectivity index (χ1v) is 8.94. The summed E-state index contributed by atoms with van der Waals surface area (Å²) < 4.78 is 6.79. The number of hydrogen-bond acceptors (Lipinski definition) is 4. The average Bonchev–Trinajstić information content (AvgIpc) is 3.07. The van der Waals surface area contributed by atoms with Crippen LogP contribution in [0.15, 0.2) is 36.5 Å². The van der Waals surface area contributed by atoms with E-state index in [0.29, 0.717) is 22.2 Å². The molecule has 0 bridgehead atoms. The van der Waals surface area contributed by atoms with Crippen LogP contribution in [0, 0.1) is 5.92 Å². The molecule has 1 N–H and O–H groups in total. The fourth-order valence-corrected chi connectivity index (χ4v) is 2.95. The Morgan fingerprint density at radius 2 is 2.04 bits per heavy atom. The predicted octanol–water partition coefficient (Wildman–Crippen LogP) is 4.43. The number of carbonyl (C=O) groups is 1. The molecule has 1 aromatic carbocycles. The van der Waals surface area contributed by atoms with Crippen molar-refractivity contribution in [3.63, 3.8) is 0 Å². The van der Waals surface area contributed by atoms with E-state index >= 15 is 0 Å². The van der Waals surface area contributed by atoms with Crippen LogP contribution in [0.3, 0.4) is 0 Å². The summed E-state index contributed by atoms with van der Waals surface area (Å²) in [4.78, 5) is 16.9. The molecule has 0 saturated carbocycles. The molecule has 2 aromatic heterocycles. The van der Waals surface area contributed by atoms with Crippen molar-refractivity contribution >= 4 is 28.8 Å². The summed E-state index contributed by atoms with van der Waals surface area (Å²) in [7, 11) is 1.57. The maximum Gasteiger partial charge on any atom is 0.231 e. The maximum atomic E-state index is 12.4. The molecule has 7 heteroatoms. The van der Waals surface area contributed by atoms with Gasteiger partial charge in [0.25, 0.3) is 0 Å². The zero-order chi connectivity index (χ0) is 18.7. The molecule has 3 aromatic rings. The molecule has 0 atom stereocenters. The van der Waals surface area contributed by atoms with E-state index in [1.54, 1.807) is 23.8 Å². The zero-order valence-electron chi connectivity index (χ0n) is 15.0. The number of aromatic nitrogens is 3. The molecule has 136 valence electrons. The zero-order valence-corrected chi connectivity index (χ0v) is 15.7. The van der Waals surface area contributed by atoms with Crippen LogP contribution in [0.2, 0.25) is 5.02 Å². The fourth-order valence-electron chi connectivity index (χ4n) is 2.79. The van der Waals surface area contributed by atoms with Gasteiger partial charge in [0.1, 0.15) is 0 Å². The van der Waals surface area contributed by atoms with E-state index in [-0.39, 0.29) is 11.8 Å². The summed E-state index contributed by atoms with van der Waals surface area (Å²) in [5, 5.41) is 7.74. The number of amides is 1. The molecule has 0 unspecified atom stereocenters. The van der Waals surface area contributed by atoms with Gasteiger partial charge in [0.05, 0.1) is 29.7 Å². The second kappa shape index (κ2) is 7.74. The summed E-state index contributed by atoms with van der Waals surface area (Å²) in [6.07, 6.45) is 3.40. The van der Waals surface area contributed by atoms with E-state index in [2.05, 4.69) is 15.4 Å².